The molecule has 3 N–H and O–H groups in total. The molecular weight excluding hydrogens is 186 g/mol. The smallest absolute Gasteiger partial charge is 0.374 e. The Balaban J connectivity index is 2.82. The lowest BCUT2D eigenvalue weighted by Gasteiger charge is -1.98. The molecule has 0 amide bonds. The number of nitrogens with zero attached hydrogens (tertiary/aromatic N) is 4. The molecule has 14 heavy (non-hydrogen) atoms. The Hall–Kier alpha value is -2.18. The van der Waals surface area contributed by atoms with E-state index in [-0.39, 0.29) is 11.6 Å². The van der Waals surface area contributed by atoms with Gasteiger partial charge < -0.3 is 15.4 Å². The number of anilines is 1. The predicted molar refractivity (Wildman–Crippen MR) is 47.7 cm³/mol. The quantitative estimate of drug-likeness (QED) is 0.640. The number of nitrogen functional groups attached to an aromatic ring is 1. The maximum Gasteiger partial charge on any atom is 0.374 e. The van der Waals surface area contributed by atoms with E-state index in [0.717, 1.165) is 0 Å². The summed E-state index contributed by atoms with van der Waals surface area (Å²) in [5.41, 5.74) is 6.34. The number of hydrogen-bond acceptors (Lipinski definition) is 5. The third kappa shape index (κ3) is 1.06. The van der Waals surface area contributed by atoms with Gasteiger partial charge in [-0.05, 0) is 0 Å². The van der Waals surface area contributed by atoms with E-state index in [4.69, 9.17) is 10.8 Å². The predicted octanol–water partition coefficient (Wildman–Crippen LogP) is -0.356. The largest absolute Gasteiger partial charge is 0.475 e. The third-order valence-corrected chi connectivity index (χ3v) is 1.78. The molecule has 0 radical (unpaired) electrons. The molecule has 0 bridgehead atoms. The van der Waals surface area contributed by atoms with Crippen molar-refractivity contribution in [3.63, 3.8) is 0 Å². The second kappa shape index (κ2) is 2.66. The summed E-state index contributed by atoms with van der Waals surface area (Å²) in [7, 11) is 1.70. The number of nitrogens with two attached hydrogens (primary N) is 1. The van der Waals surface area contributed by atoms with E-state index in [1.165, 1.54) is 6.33 Å². The van der Waals surface area contributed by atoms with E-state index in [2.05, 4.69) is 15.0 Å². The highest BCUT2D eigenvalue weighted by molar-refractivity contribution is 5.89. The van der Waals surface area contributed by atoms with Crippen molar-refractivity contribution in [1.82, 2.24) is 19.5 Å². The lowest BCUT2D eigenvalue weighted by Crippen LogP contribution is -2.07. The van der Waals surface area contributed by atoms with Crippen molar-refractivity contribution in [2.24, 2.45) is 7.05 Å². The molecule has 0 fully saturated rings. The van der Waals surface area contributed by atoms with Crippen molar-refractivity contribution < 1.29 is 9.90 Å². The molecule has 0 aliphatic heterocycles. The standard InChI is InChI=1S/C7H7N5O2/c1-12-2-9-3-4(8)10-5(7(13)14)11-6(3)12/h2H,1H3,(H,13,14)(H2,8,10,11). The van der Waals surface area contributed by atoms with Gasteiger partial charge in [0, 0.05) is 7.05 Å². The molecule has 0 spiro atoms. The Bertz CT molecular complexity index is 518. The van der Waals surface area contributed by atoms with Crippen LogP contribution in [0.2, 0.25) is 0 Å². The first-order chi connectivity index (χ1) is 6.59. The second-order valence-electron chi connectivity index (χ2n) is 2.77. The van der Waals surface area contributed by atoms with Crippen LogP contribution in [0.15, 0.2) is 6.33 Å². The minimum Gasteiger partial charge on any atom is -0.475 e. The van der Waals surface area contributed by atoms with Gasteiger partial charge in [0.2, 0.25) is 5.82 Å². The van der Waals surface area contributed by atoms with Crippen molar-refractivity contribution in [3.8, 4) is 0 Å². The Labute approximate surface area is 78.2 Å². The molecule has 2 rings (SSSR count). The minimum atomic E-state index is -1.21. The fraction of sp³-hybridized carbons (Fsp3) is 0.143. The molecule has 72 valence electrons. The first-order valence-electron chi connectivity index (χ1n) is 3.77. The van der Waals surface area contributed by atoms with Gasteiger partial charge in [0.15, 0.2) is 11.5 Å². The van der Waals surface area contributed by atoms with Crippen molar-refractivity contribution in [3.05, 3.63) is 12.2 Å². The number of aryl methyl sites for hydroxylation is 1. The summed E-state index contributed by atoms with van der Waals surface area (Å²) in [6, 6.07) is 0. The molecule has 2 heterocycles. The lowest BCUT2D eigenvalue weighted by atomic mass is 10.4. The minimum absolute atomic E-state index is 0.0769. The lowest BCUT2D eigenvalue weighted by molar-refractivity contribution is 0.0684. The van der Waals surface area contributed by atoms with Crippen molar-refractivity contribution in [1.29, 1.82) is 0 Å². The number of carboxylic acids is 1. The molecule has 2 aromatic heterocycles. The maximum atomic E-state index is 10.6. The molecule has 0 aliphatic carbocycles. The van der Waals surface area contributed by atoms with E-state index in [9.17, 15) is 4.79 Å². The number of rotatable bonds is 1. The van der Waals surface area contributed by atoms with E-state index >= 15 is 0 Å². The van der Waals surface area contributed by atoms with Gasteiger partial charge >= 0.3 is 5.97 Å². The highest BCUT2D eigenvalue weighted by Gasteiger charge is 2.13. The number of aromatic carboxylic acids is 1. The van der Waals surface area contributed by atoms with Gasteiger partial charge in [-0.2, -0.15) is 0 Å². The highest BCUT2D eigenvalue weighted by Crippen LogP contribution is 2.14. The fourth-order valence-corrected chi connectivity index (χ4v) is 1.12. The average molecular weight is 193 g/mol. The van der Waals surface area contributed by atoms with Crippen LogP contribution in [0, 0.1) is 0 Å². The van der Waals surface area contributed by atoms with Gasteiger partial charge in [-0.3, -0.25) is 0 Å². The van der Waals surface area contributed by atoms with Gasteiger partial charge in [0.1, 0.15) is 5.52 Å². The van der Waals surface area contributed by atoms with Crippen LogP contribution in [0.4, 0.5) is 5.82 Å². The maximum absolute atomic E-state index is 10.6. The third-order valence-electron chi connectivity index (χ3n) is 1.78. The van der Waals surface area contributed by atoms with Crippen LogP contribution in [0.1, 0.15) is 10.6 Å². The van der Waals surface area contributed by atoms with E-state index in [1.807, 2.05) is 0 Å². The number of carboxylic acid groups (broad SMARTS) is 1. The average Bonchev–Trinajstić information content (AvgIpc) is 2.48. The Kier molecular flexibility index (Phi) is 1.60. The molecule has 7 nitrogen and oxygen atoms in total. The van der Waals surface area contributed by atoms with Gasteiger partial charge in [0.05, 0.1) is 6.33 Å². The molecular formula is C7H7N5O2. The Morgan fingerprint density at radius 1 is 1.57 bits per heavy atom. The van der Waals surface area contributed by atoms with Crippen LogP contribution in [0.5, 0.6) is 0 Å². The summed E-state index contributed by atoms with van der Waals surface area (Å²) in [6.45, 7) is 0. The van der Waals surface area contributed by atoms with Gasteiger partial charge in [-0.1, -0.05) is 0 Å². The van der Waals surface area contributed by atoms with Gasteiger partial charge in [0.25, 0.3) is 0 Å². The molecule has 7 heteroatoms. The van der Waals surface area contributed by atoms with Crippen LogP contribution in [-0.2, 0) is 7.05 Å². The second-order valence-corrected chi connectivity index (χ2v) is 2.77. The number of carbonyl (C=O) groups is 1. The summed E-state index contributed by atoms with van der Waals surface area (Å²) in [5.74, 6) is -1.45. The molecule has 0 unspecified atom stereocenters. The van der Waals surface area contributed by atoms with E-state index in [0.29, 0.717) is 11.2 Å². The van der Waals surface area contributed by atoms with Crippen molar-refractivity contribution in [2.75, 3.05) is 5.73 Å². The topological polar surface area (TPSA) is 107 Å². The number of aromatic nitrogens is 4. The first-order valence-corrected chi connectivity index (χ1v) is 3.77. The molecule has 0 aromatic carbocycles. The number of hydrogen-bond donors (Lipinski definition) is 2. The number of fused-ring (bicyclic) bond motifs is 1. The van der Waals surface area contributed by atoms with E-state index in [1.54, 1.807) is 11.6 Å². The zero-order valence-corrected chi connectivity index (χ0v) is 7.30. The normalized spacial score (nSPS) is 10.6. The monoisotopic (exact) mass is 193 g/mol. The summed E-state index contributed by atoms with van der Waals surface area (Å²) in [4.78, 5) is 22.0. The molecule has 0 saturated heterocycles. The van der Waals surface area contributed by atoms with Crippen molar-refractivity contribution in [2.45, 2.75) is 0 Å². The summed E-state index contributed by atoms with van der Waals surface area (Å²) in [5, 5.41) is 8.69. The Morgan fingerprint density at radius 2 is 2.29 bits per heavy atom. The van der Waals surface area contributed by atoms with Gasteiger partial charge in [-0.15, -0.1) is 0 Å². The molecule has 0 saturated carbocycles. The van der Waals surface area contributed by atoms with Crippen molar-refractivity contribution >= 4 is 23.0 Å². The van der Waals surface area contributed by atoms with Crippen LogP contribution >= 0.6 is 0 Å². The van der Waals surface area contributed by atoms with Crippen LogP contribution in [0.25, 0.3) is 11.2 Å². The van der Waals surface area contributed by atoms with E-state index < -0.39 is 5.97 Å². The highest BCUT2D eigenvalue weighted by atomic mass is 16.4. The van der Waals surface area contributed by atoms with Crippen LogP contribution in [0.3, 0.4) is 0 Å². The van der Waals surface area contributed by atoms with Gasteiger partial charge in [-0.25, -0.2) is 19.7 Å². The Morgan fingerprint density at radius 3 is 2.93 bits per heavy atom. The number of imidazole rings is 1. The summed E-state index contributed by atoms with van der Waals surface area (Å²) < 4.78 is 1.58. The SMILES string of the molecule is Cn1cnc2c(N)nc(C(=O)O)nc21. The summed E-state index contributed by atoms with van der Waals surface area (Å²) in [6.07, 6.45) is 1.50. The first kappa shape index (κ1) is 8.42. The molecule has 2 aromatic rings. The van der Waals surface area contributed by atoms with Crippen LogP contribution in [-0.4, -0.2) is 30.6 Å². The zero-order chi connectivity index (χ0) is 10.3. The zero-order valence-electron chi connectivity index (χ0n) is 7.30. The van der Waals surface area contributed by atoms with Crippen LogP contribution < -0.4 is 5.73 Å². The molecule has 0 aliphatic rings. The molecule has 0 atom stereocenters. The summed E-state index contributed by atoms with van der Waals surface area (Å²) >= 11 is 0. The fourth-order valence-electron chi connectivity index (χ4n) is 1.12.